The average molecular weight is 269 g/mol. The van der Waals surface area contributed by atoms with Gasteiger partial charge in [0.1, 0.15) is 0 Å². The minimum Gasteiger partial charge on any atom is -0.382 e. The fourth-order valence-corrected chi connectivity index (χ4v) is 2.97. The summed E-state index contributed by atoms with van der Waals surface area (Å²) in [7, 11) is 0. The molecule has 3 heteroatoms. The van der Waals surface area contributed by atoms with Crippen molar-refractivity contribution in [2.45, 2.75) is 51.0 Å². The quantitative estimate of drug-likeness (QED) is 0.895. The Kier molecular flexibility index (Phi) is 4.36. The van der Waals surface area contributed by atoms with Crippen molar-refractivity contribution in [1.29, 1.82) is 0 Å². The van der Waals surface area contributed by atoms with Crippen LogP contribution >= 0.6 is 0 Å². The van der Waals surface area contributed by atoms with E-state index >= 15 is 0 Å². The Bertz CT molecular complexity index is 494. The predicted octanol–water partition coefficient (Wildman–Crippen LogP) is 4.40. The summed E-state index contributed by atoms with van der Waals surface area (Å²) < 4.78 is 1.89. The zero-order valence-electron chi connectivity index (χ0n) is 12.0. The number of hydrogen-bond acceptors (Lipinski definition) is 2. The Morgan fingerprint density at radius 2 is 1.65 bits per heavy atom. The van der Waals surface area contributed by atoms with Gasteiger partial charge in [-0.15, -0.1) is 0 Å². The second kappa shape index (κ2) is 6.60. The summed E-state index contributed by atoms with van der Waals surface area (Å²) in [4.78, 5) is 0. The molecule has 0 unspecified atom stereocenters. The predicted molar refractivity (Wildman–Crippen MR) is 83.3 cm³/mol. The van der Waals surface area contributed by atoms with E-state index in [0.717, 1.165) is 5.69 Å². The van der Waals surface area contributed by atoms with Crippen molar-refractivity contribution in [1.82, 2.24) is 9.78 Å². The molecule has 0 radical (unpaired) electrons. The highest BCUT2D eigenvalue weighted by molar-refractivity contribution is 5.49. The fourth-order valence-electron chi connectivity index (χ4n) is 2.97. The van der Waals surface area contributed by atoms with Gasteiger partial charge in [-0.2, -0.15) is 5.10 Å². The lowest BCUT2D eigenvalue weighted by Crippen LogP contribution is -2.20. The van der Waals surface area contributed by atoms with Gasteiger partial charge in [0.15, 0.2) is 0 Å². The molecule has 1 aliphatic rings. The maximum Gasteiger partial charge on any atom is 0.0647 e. The number of aromatic nitrogens is 2. The molecule has 106 valence electrons. The summed E-state index contributed by atoms with van der Waals surface area (Å²) in [6.07, 6.45) is 13.3. The summed E-state index contributed by atoms with van der Waals surface area (Å²) in [6.45, 7) is 0. The van der Waals surface area contributed by atoms with Crippen LogP contribution in [0.3, 0.4) is 0 Å². The lowest BCUT2D eigenvalue weighted by molar-refractivity contribution is 0.471. The third-order valence-electron chi connectivity index (χ3n) is 4.11. The van der Waals surface area contributed by atoms with Crippen LogP contribution in [0.25, 0.3) is 5.69 Å². The van der Waals surface area contributed by atoms with Crippen LogP contribution < -0.4 is 5.32 Å². The largest absolute Gasteiger partial charge is 0.382 e. The third kappa shape index (κ3) is 3.41. The van der Waals surface area contributed by atoms with Gasteiger partial charge in [-0.05, 0) is 43.2 Å². The van der Waals surface area contributed by atoms with Gasteiger partial charge in [0.2, 0.25) is 0 Å². The second-order valence-corrected chi connectivity index (χ2v) is 5.68. The van der Waals surface area contributed by atoms with E-state index in [0.29, 0.717) is 6.04 Å². The fraction of sp³-hybridized carbons (Fsp3) is 0.471. The summed E-state index contributed by atoms with van der Waals surface area (Å²) in [5, 5.41) is 7.94. The summed E-state index contributed by atoms with van der Waals surface area (Å²) >= 11 is 0. The molecule has 1 fully saturated rings. The van der Waals surface area contributed by atoms with Crippen molar-refractivity contribution in [3.8, 4) is 5.69 Å². The second-order valence-electron chi connectivity index (χ2n) is 5.68. The first kappa shape index (κ1) is 13.2. The van der Waals surface area contributed by atoms with Gasteiger partial charge >= 0.3 is 0 Å². The normalized spacial score (nSPS) is 17.4. The monoisotopic (exact) mass is 269 g/mol. The van der Waals surface area contributed by atoms with E-state index in [1.54, 1.807) is 6.20 Å². The Hall–Kier alpha value is -1.77. The van der Waals surface area contributed by atoms with Crippen molar-refractivity contribution in [2.24, 2.45) is 0 Å². The molecule has 1 aliphatic carbocycles. The average Bonchev–Trinajstić information content (AvgIpc) is 2.96. The molecule has 0 atom stereocenters. The van der Waals surface area contributed by atoms with Crippen LogP contribution in [0.1, 0.15) is 44.9 Å². The van der Waals surface area contributed by atoms with Crippen LogP contribution in [0, 0.1) is 0 Å². The van der Waals surface area contributed by atoms with E-state index in [4.69, 9.17) is 0 Å². The van der Waals surface area contributed by atoms with Crippen molar-refractivity contribution >= 4 is 5.69 Å². The number of nitrogens with zero attached hydrogens (tertiary/aromatic N) is 2. The molecule has 0 bridgehead atoms. The Morgan fingerprint density at radius 3 is 2.30 bits per heavy atom. The van der Waals surface area contributed by atoms with E-state index in [1.807, 2.05) is 16.9 Å². The van der Waals surface area contributed by atoms with Gasteiger partial charge in [-0.25, -0.2) is 4.68 Å². The van der Waals surface area contributed by atoms with E-state index in [2.05, 4.69) is 34.7 Å². The highest BCUT2D eigenvalue weighted by Gasteiger charge is 2.10. The number of benzene rings is 1. The van der Waals surface area contributed by atoms with Gasteiger partial charge in [0, 0.05) is 24.1 Å². The highest BCUT2D eigenvalue weighted by Crippen LogP contribution is 2.21. The third-order valence-corrected chi connectivity index (χ3v) is 4.11. The van der Waals surface area contributed by atoms with E-state index in [-0.39, 0.29) is 0 Å². The van der Waals surface area contributed by atoms with Gasteiger partial charge in [-0.3, -0.25) is 0 Å². The van der Waals surface area contributed by atoms with Crippen LogP contribution in [-0.4, -0.2) is 15.8 Å². The molecule has 20 heavy (non-hydrogen) atoms. The number of hydrogen-bond donors (Lipinski definition) is 1. The van der Waals surface area contributed by atoms with Gasteiger partial charge in [-0.1, -0.05) is 32.1 Å². The molecule has 1 aromatic carbocycles. The Balaban J connectivity index is 1.62. The number of anilines is 1. The molecule has 1 heterocycles. The summed E-state index contributed by atoms with van der Waals surface area (Å²) in [5.74, 6) is 0. The summed E-state index contributed by atoms with van der Waals surface area (Å²) in [6, 6.07) is 11.2. The minimum atomic E-state index is 0.644. The molecular weight excluding hydrogens is 246 g/mol. The first-order valence-corrected chi connectivity index (χ1v) is 7.78. The van der Waals surface area contributed by atoms with Crippen LogP contribution in [0.2, 0.25) is 0 Å². The molecule has 3 rings (SSSR count). The lowest BCUT2D eigenvalue weighted by atomic mass is 9.96. The van der Waals surface area contributed by atoms with Gasteiger partial charge in [0.05, 0.1) is 5.69 Å². The number of nitrogens with one attached hydrogen (secondary N) is 1. The van der Waals surface area contributed by atoms with Crippen LogP contribution in [0.5, 0.6) is 0 Å². The van der Waals surface area contributed by atoms with Crippen molar-refractivity contribution in [2.75, 3.05) is 5.32 Å². The van der Waals surface area contributed by atoms with E-state index < -0.39 is 0 Å². The zero-order valence-corrected chi connectivity index (χ0v) is 12.0. The van der Waals surface area contributed by atoms with Crippen LogP contribution in [0.15, 0.2) is 42.7 Å². The molecular formula is C17H23N3. The molecule has 0 aliphatic heterocycles. The van der Waals surface area contributed by atoms with Crippen molar-refractivity contribution < 1.29 is 0 Å². The Labute approximate surface area is 121 Å². The zero-order chi connectivity index (χ0) is 13.6. The molecule has 0 saturated heterocycles. The van der Waals surface area contributed by atoms with Crippen molar-refractivity contribution in [3.05, 3.63) is 42.7 Å². The maximum absolute atomic E-state index is 4.25. The smallest absolute Gasteiger partial charge is 0.0647 e. The maximum atomic E-state index is 4.25. The molecule has 1 aromatic heterocycles. The van der Waals surface area contributed by atoms with E-state index in [1.165, 1.54) is 50.6 Å². The van der Waals surface area contributed by atoms with E-state index in [9.17, 15) is 0 Å². The van der Waals surface area contributed by atoms with Crippen LogP contribution in [0.4, 0.5) is 5.69 Å². The SMILES string of the molecule is c1cnn(-c2ccc(NC3CCCCCCC3)cc2)c1. The molecule has 3 nitrogen and oxygen atoms in total. The lowest BCUT2D eigenvalue weighted by Gasteiger charge is -2.22. The minimum absolute atomic E-state index is 0.644. The molecule has 1 N–H and O–H groups in total. The Morgan fingerprint density at radius 1 is 0.950 bits per heavy atom. The van der Waals surface area contributed by atoms with Gasteiger partial charge in [0.25, 0.3) is 0 Å². The molecule has 0 amide bonds. The first-order chi connectivity index (χ1) is 9.92. The molecule has 0 spiro atoms. The highest BCUT2D eigenvalue weighted by atomic mass is 15.3. The van der Waals surface area contributed by atoms with Crippen LogP contribution in [-0.2, 0) is 0 Å². The standard InChI is InChI=1S/C17H23N3/c1-2-4-7-15(8-5-3-1)19-16-9-11-17(12-10-16)20-14-6-13-18-20/h6,9-15,19H,1-5,7-8H2. The topological polar surface area (TPSA) is 29.9 Å². The van der Waals surface area contributed by atoms with Gasteiger partial charge < -0.3 is 5.32 Å². The van der Waals surface area contributed by atoms with Crippen molar-refractivity contribution in [3.63, 3.8) is 0 Å². The summed E-state index contributed by atoms with van der Waals surface area (Å²) in [5.41, 5.74) is 2.34. The molecule has 1 saturated carbocycles. The molecule has 2 aromatic rings. The number of rotatable bonds is 3. The first-order valence-electron chi connectivity index (χ1n) is 7.78.